The molecule has 2 aromatic carbocycles. The Morgan fingerprint density at radius 3 is 2.33 bits per heavy atom. The Morgan fingerprint density at radius 1 is 1.08 bits per heavy atom. The fourth-order valence-corrected chi connectivity index (χ4v) is 5.46. The number of aromatic nitrogens is 1. The topological polar surface area (TPSA) is 73.1 Å². The number of benzene rings is 2. The molecule has 2 heterocycles. The number of fused-ring (bicyclic) bond motifs is 1. The first-order valence-corrected chi connectivity index (χ1v) is 12.9. The van der Waals surface area contributed by atoms with Crippen LogP contribution in [0.4, 0.5) is 5.69 Å². The van der Waals surface area contributed by atoms with Gasteiger partial charge >= 0.3 is 5.97 Å². The molecule has 0 saturated carbocycles. The van der Waals surface area contributed by atoms with Gasteiger partial charge in [0.15, 0.2) is 4.80 Å². The van der Waals surface area contributed by atoms with Crippen LogP contribution in [0, 0.1) is 0 Å². The van der Waals surface area contributed by atoms with Crippen molar-refractivity contribution >= 4 is 29.1 Å². The van der Waals surface area contributed by atoms with Gasteiger partial charge in [-0.15, -0.1) is 0 Å². The lowest BCUT2D eigenvalue weighted by atomic mass is 9.95. The molecule has 0 radical (unpaired) electrons. The summed E-state index contributed by atoms with van der Waals surface area (Å²) in [6.07, 6.45) is 1.84. The Balaban J connectivity index is 1.87. The molecule has 0 bridgehead atoms. The number of ether oxygens (including phenoxy) is 2. The summed E-state index contributed by atoms with van der Waals surface area (Å²) in [5.41, 5.74) is 3.55. The number of nitrogens with zero attached hydrogens (tertiary/aromatic N) is 3. The zero-order valence-corrected chi connectivity index (χ0v) is 22.1. The molecule has 0 amide bonds. The molecule has 0 aliphatic carbocycles. The van der Waals surface area contributed by atoms with Gasteiger partial charge in [0.05, 0.1) is 35.6 Å². The molecule has 4 rings (SSSR count). The quantitative estimate of drug-likeness (QED) is 0.437. The number of carbonyl (C=O) groups is 1. The maximum atomic E-state index is 13.7. The van der Waals surface area contributed by atoms with Gasteiger partial charge in [-0.25, -0.2) is 9.79 Å². The van der Waals surface area contributed by atoms with Crippen LogP contribution in [0.5, 0.6) is 5.75 Å². The smallest absolute Gasteiger partial charge is 0.338 e. The first-order chi connectivity index (χ1) is 17.4. The van der Waals surface area contributed by atoms with Crippen molar-refractivity contribution in [3.8, 4) is 5.75 Å². The van der Waals surface area contributed by atoms with E-state index in [1.165, 1.54) is 11.3 Å². The fraction of sp³-hybridized carbons (Fsp3) is 0.321. The maximum absolute atomic E-state index is 13.7. The highest BCUT2D eigenvalue weighted by atomic mass is 32.1. The lowest BCUT2D eigenvalue weighted by Crippen LogP contribution is -2.40. The summed E-state index contributed by atoms with van der Waals surface area (Å²) in [6.45, 7) is 9.82. The van der Waals surface area contributed by atoms with Crippen molar-refractivity contribution in [1.82, 2.24) is 4.57 Å². The zero-order valence-electron chi connectivity index (χ0n) is 21.3. The van der Waals surface area contributed by atoms with Crippen LogP contribution < -0.4 is 24.5 Å². The summed E-state index contributed by atoms with van der Waals surface area (Å²) in [6, 6.07) is 14.9. The molecule has 1 aromatic heterocycles. The minimum atomic E-state index is -0.621. The largest absolute Gasteiger partial charge is 0.497 e. The highest BCUT2D eigenvalue weighted by molar-refractivity contribution is 7.07. The Labute approximate surface area is 214 Å². The normalized spacial score (nSPS) is 15.4. The van der Waals surface area contributed by atoms with E-state index in [1.807, 2.05) is 54.6 Å². The minimum absolute atomic E-state index is 0.193. The van der Waals surface area contributed by atoms with Crippen LogP contribution in [-0.4, -0.2) is 37.3 Å². The van der Waals surface area contributed by atoms with Crippen LogP contribution >= 0.6 is 11.3 Å². The van der Waals surface area contributed by atoms with Crippen molar-refractivity contribution in [2.75, 3.05) is 31.7 Å². The monoisotopic (exact) mass is 505 g/mol. The van der Waals surface area contributed by atoms with E-state index in [2.05, 4.69) is 23.7 Å². The second kappa shape index (κ2) is 11.0. The number of thiazole rings is 1. The number of rotatable bonds is 8. The molecule has 3 aromatic rings. The summed E-state index contributed by atoms with van der Waals surface area (Å²) >= 11 is 1.31. The molecule has 1 aliphatic heterocycles. The van der Waals surface area contributed by atoms with E-state index >= 15 is 0 Å². The summed E-state index contributed by atoms with van der Waals surface area (Å²) in [7, 11) is 1.62. The number of hydrogen-bond acceptors (Lipinski definition) is 7. The zero-order chi connectivity index (χ0) is 25.8. The van der Waals surface area contributed by atoms with Gasteiger partial charge in [-0.3, -0.25) is 9.36 Å². The fourth-order valence-electron chi connectivity index (χ4n) is 4.41. The van der Waals surface area contributed by atoms with Crippen LogP contribution in [-0.2, 0) is 9.53 Å². The minimum Gasteiger partial charge on any atom is -0.497 e. The van der Waals surface area contributed by atoms with E-state index in [-0.39, 0.29) is 12.2 Å². The molecule has 36 heavy (non-hydrogen) atoms. The van der Waals surface area contributed by atoms with Gasteiger partial charge in [-0.05, 0) is 69.2 Å². The molecule has 0 spiro atoms. The lowest BCUT2D eigenvalue weighted by molar-refractivity contribution is -0.139. The van der Waals surface area contributed by atoms with Gasteiger partial charge in [-0.2, -0.15) is 0 Å². The maximum Gasteiger partial charge on any atom is 0.338 e. The van der Waals surface area contributed by atoms with Crippen molar-refractivity contribution in [2.45, 2.75) is 33.7 Å². The molecule has 0 fully saturated rings. The predicted molar refractivity (Wildman–Crippen MR) is 143 cm³/mol. The SMILES string of the molecule is CCOC(=O)C1=C(C)N=c2s/c(=C/c3ccc(OC)cc3)c(=O)n2C1c1ccc(N(CC)CC)cc1. The van der Waals surface area contributed by atoms with Crippen LogP contribution in [0.3, 0.4) is 0 Å². The van der Waals surface area contributed by atoms with Gasteiger partial charge in [0, 0.05) is 18.8 Å². The number of hydrogen-bond donors (Lipinski definition) is 0. The molecule has 188 valence electrons. The Kier molecular flexibility index (Phi) is 7.74. The third kappa shape index (κ3) is 4.86. The van der Waals surface area contributed by atoms with Crippen molar-refractivity contribution in [3.63, 3.8) is 0 Å². The molecule has 8 heteroatoms. The Hall–Kier alpha value is -3.65. The molecule has 1 atom stereocenters. The Bertz CT molecular complexity index is 1450. The molecule has 1 aliphatic rings. The number of anilines is 1. The van der Waals surface area contributed by atoms with Gasteiger partial charge in [0.1, 0.15) is 5.75 Å². The van der Waals surface area contributed by atoms with Crippen molar-refractivity contribution in [3.05, 3.63) is 90.6 Å². The van der Waals surface area contributed by atoms with Crippen molar-refractivity contribution in [1.29, 1.82) is 0 Å². The number of carbonyl (C=O) groups excluding carboxylic acids is 1. The van der Waals surface area contributed by atoms with E-state index in [0.717, 1.165) is 35.7 Å². The lowest BCUT2D eigenvalue weighted by Gasteiger charge is -2.26. The van der Waals surface area contributed by atoms with E-state index in [9.17, 15) is 9.59 Å². The van der Waals surface area contributed by atoms with Crippen LogP contribution in [0.25, 0.3) is 6.08 Å². The molecule has 1 unspecified atom stereocenters. The first-order valence-electron chi connectivity index (χ1n) is 12.1. The summed E-state index contributed by atoms with van der Waals surface area (Å²) in [4.78, 5) is 34.2. The highest BCUT2D eigenvalue weighted by Crippen LogP contribution is 2.31. The summed E-state index contributed by atoms with van der Waals surface area (Å²) in [5, 5.41) is 0. The second-order valence-electron chi connectivity index (χ2n) is 8.34. The molecular formula is C28H31N3O4S. The summed E-state index contributed by atoms with van der Waals surface area (Å²) in [5.74, 6) is 0.289. The van der Waals surface area contributed by atoms with Crippen molar-refractivity contribution < 1.29 is 14.3 Å². The standard InChI is InChI=1S/C28H31N3O4S/c1-6-30(7-2)21-13-11-20(12-14-21)25-24(27(33)35-8-3)18(4)29-28-31(25)26(32)23(36-28)17-19-9-15-22(34-5)16-10-19/h9-17,25H,6-8H2,1-5H3/b23-17+. The van der Waals surface area contributed by atoms with Gasteiger partial charge in [0.2, 0.25) is 0 Å². The second-order valence-corrected chi connectivity index (χ2v) is 9.35. The average Bonchev–Trinajstić information content (AvgIpc) is 3.19. The van der Waals surface area contributed by atoms with Crippen LogP contribution in [0.1, 0.15) is 44.9 Å². The highest BCUT2D eigenvalue weighted by Gasteiger charge is 2.33. The average molecular weight is 506 g/mol. The number of allylic oxidation sites excluding steroid dienone is 1. The molecule has 0 N–H and O–H groups in total. The predicted octanol–water partition coefficient (Wildman–Crippen LogP) is 3.65. The number of methoxy groups -OCH3 is 1. The van der Waals surface area contributed by atoms with E-state index in [1.54, 1.807) is 25.5 Å². The molecular weight excluding hydrogens is 474 g/mol. The summed E-state index contributed by atoms with van der Waals surface area (Å²) < 4.78 is 12.8. The van der Waals surface area contributed by atoms with Gasteiger partial charge < -0.3 is 14.4 Å². The van der Waals surface area contributed by atoms with E-state index < -0.39 is 12.0 Å². The van der Waals surface area contributed by atoms with Gasteiger partial charge in [0.25, 0.3) is 5.56 Å². The van der Waals surface area contributed by atoms with Crippen LogP contribution in [0.15, 0.2) is 69.6 Å². The molecule has 0 saturated heterocycles. The number of esters is 1. The third-order valence-electron chi connectivity index (χ3n) is 6.27. The molecule has 7 nitrogen and oxygen atoms in total. The van der Waals surface area contributed by atoms with Crippen LogP contribution in [0.2, 0.25) is 0 Å². The van der Waals surface area contributed by atoms with Gasteiger partial charge in [-0.1, -0.05) is 35.6 Å². The van der Waals surface area contributed by atoms with E-state index in [4.69, 9.17) is 9.47 Å². The first kappa shape index (κ1) is 25.4. The Morgan fingerprint density at radius 2 is 1.75 bits per heavy atom. The van der Waals surface area contributed by atoms with Crippen molar-refractivity contribution in [2.24, 2.45) is 4.99 Å². The third-order valence-corrected chi connectivity index (χ3v) is 7.25. The van der Waals surface area contributed by atoms with E-state index in [0.29, 0.717) is 20.6 Å².